The molecule has 0 aliphatic rings. The zero-order chi connectivity index (χ0) is 20.1. The Morgan fingerprint density at radius 3 is 2.32 bits per heavy atom. The van der Waals surface area contributed by atoms with Crippen molar-refractivity contribution in [1.82, 2.24) is 0 Å². The van der Waals surface area contributed by atoms with Crippen molar-refractivity contribution in [3.8, 4) is 5.75 Å². The van der Waals surface area contributed by atoms with E-state index in [1.54, 1.807) is 36.7 Å². The fourth-order valence-electron chi connectivity index (χ4n) is 2.74. The summed E-state index contributed by atoms with van der Waals surface area (Å²) in [7, 11) is 1.58. The molecule has 0 heterocycles. The highest BCUT2D eigenvalue weighted by Gasteiger charge is 2.13. The third-order valence-corrected chi connectivity index (χ3v) is 6.23. The Labute approximate surface area is 174 Å². The molecule has 0 aliphatic heterocycles. The number of aryl methyl sites for hydroxylation is 2. The van der Waals surface area contributed by atoms with Gasteiger partial charge >= 0.3 is 0 Å². The molecule has 144 valence electrons. The van der Waals surface area contributed by atoms with Crippen molar-refractivity contribution in [3.05, 3.63) is 77.4 Å². The minimum atomic E-state index is -0.181. The van der Waals surface area contributed by atoms with Gasteiger partial charge in [-0.3, -0.25) is 4.79 Å². The Morgan fingerprint density at radius 1 is 0.929 bits per heavy atom. The van der Waals surface area contributed by atoms with E-state index in [4.69, 9.17) is 4.74 Å². The molecule has 28 heavy (non-hydrogen) atoms. The van der Waals surface area contributed by atoms with Crippen molar-refractivity contribution in [2.45, 2.75) is 28.5 Å². The number of benzene rings is 3. The van der Waals surface area contributed by atoms with Crippen molar-refractivity contribution in [2.75, 3.05) is 18.7 Å². The number of carbonyl (C=O) groups is 1. The summed E-state index contributed by atoms with van der Waals surface area (Å²) in [5.41, 5.74) is 3.78. The molecule has 0 unspecified atom stereocenters. The van der Waals surface area contributed by atoms with Gasteiger partial charge in [-0.25, -0.2) is 0 Å². The molecule has 1 amide bonds. The van der Waals surface area contributed by atoms with Gasteiger partial charge in [0.1, 0.15) is 5.75 Å². The molecule has 0 saturated heterocycles. The largest absolute Gasteiger partial charge is 0.496 e. The van der Waals surface area contributed by atoms with Crippen LogP contribution in [0.1, 0.15) is 21.5 Å². The van der Waals surface area contributed by atoms with Gasteiger partial charge < -0.3 is 10.1 Å². The van der Waals surface area contributed by atoms with Crippen LogP contribution < -0.4 is 10.1 Å². The van der Waals surface area contributed by atoms with Gasteiger partial charge in [0.25, 0.3) is 5.91 Å². The van der Waals surface area contributed by atoms with Crippen molar-refractivity contribution in [3.63, 3.8) is 0 Å². The maximum absolute atomic E-state index is 12.6. The molecular weight excluding hydrogens is 386 g/mol. The maximum atomic E-state index is 12.6. The third-order valence-electron chi connectivity index (χ3n) is 4.34. The number of amides is 1. The van der Waals surface area contributed by atoms with E-state index in [1.807, 2.05) is 42.7 Å². The molecule has 3 aromatic carbocycles. The maximum Gasteiger partial charge on any atom is 0.259 e. The van der Waals surface area contributed by atoms with Crippen LogP contribution in [0.15, 0.2) is 75.4 Å². The fourth-order valence-corrected chi connectivity index (χ4v) is 4.16. The number of thioether (sulfide) groups is 1. The number of methoxy groups -OCH3 is 1. The molecule has 0 aliphatic carbocycles. The number of hydrogen-bond donors (Lipinski definition) is 1. The van der Waals surface area contributed by atoms with Gasteiger partial charge in [0.2, 0.25) is 0 Å². The lowest BCUT2D eigenvalue weighted by Gasteiger charge is -2.11. The Morgan fingerprint density at radius 2 is 1.64 bits per heavy atom. The minimum Gasteiger partial charge on any atom is -0.496 e. The lowest BCUT2D eigenvalue weighted by molar-refractivity contribution is 0.102. The zero-order valence-corrected chi connectivity index (χ0v) is 18.0. The summed E-state index contributed by atoms with van der Waals surface area (Å²) in [5, 5.41) is 2.95. The second-order valence-corrected chi connectivity index (χ2v) is 8.41. The number of ether oxygens (including phenoxy) is 1. The van der Waals surface area contributed by atoms with Gasteiger partial charge in [0.05, 0.1) is 12.7 Å². The molecule has 3 nitrogen and oxygen atoms in total. The number of anilines is 1. The van der Waals surface area contributed by atoms with E-state index in [9.17, 15) is 4.79 Å². The summed E-state index contributed by atoms with van der Waals surface area (Å²) in [6.45, 7) is 4.22. The third kappa shape index (κ3) is 4.91. The van der Waals surface area contributed by atoms with Crippen LogP contribution in [-0.4, -0.2) is 19.3 Å². The Balaban J connectivity index is 1.72. The summed E-state index contributed by atoms with van der Waals surface area (Å²) in [6.07, 6.45) is 1.99. The van der Waals surface area contributed by atoms with Crippen LogP contribution in [0.5, 0.6) is 5.75 Å². The van der Waals surface area contributed by atoms with Crippen LogP contribution in [0.25, 0.3) is 0 Å². The lowest BCUT2D eigenvalue weighted by Crippen LogP contribution is -2.13. The quantitative estimate of drug-likeness (QED) is 0.476. The van der Waals surface area contributed by atoms with Gasteiger partial charge in [-0.1, -0.05) is 23.9 Å². The van der Waals surface area contributed by atoms with E-state index in [1.165, 1.54) is 16.0 Å². The average molecular weight is 410 g/mol. The second kappa shape index (κ2) is 9.22. The normalized spacial score (nSPS) is 10.6. The van der Waals surface area contributed by atoms with Crippen LogP contribution in [-0.2, 0) is 0 Å². The molecule has 5 heteroatoms. The molecule has 3 rings (SSSR count). The summed E-state index contributed by atoms with van der Waals surface area (Å²) >= 11 is 3.34. The smallest absolute Gasteiger partial charge is 0.259 e. The molecule has 0 saturated carbocycles. The number of nitrogens with one attached hydrogen (secondary N) is 1. The number of hydrogen-bond acceptors (Lipinski definition) is 4. The summed E-state index contributed by atoms with van der Waals surface area (Å²) < 4.78 is 5.38. The van der Waals surface area contributed by atoms with Crippen molar-refractivity contribution >= 4 is 35.1 Å². The molecule has 3 aromatic rings. The van der Waals surface area contributed by atoms with Crippen LogP contribution in [0.3, 0.4) is 0 Å². The average Bonchev–Trinajstić information content (AvgIpc) is 2.71. The summed E-state index contributed by atoms with van der Waals surface area (Å²) in [4.78, 5) is 16.1. The number of carbonyl (C=O) groups excluding carboxylic acids is 1. The molecule has 0 radical (unpaired) electrons. The molecule has 0 bridgehead atoms. The molecule has 0 spiro atoms. The second-order valence-electron chi connectivity index (χ2n) is 6.42. The van der Waals surface area contributed by atoms with Crippen LogP contribution in [0.2, 0.25) is 0 Å². The Bertz CT molecular complexity index is 984. The predicted octanol–water partition coefficient (Wildman–Crippen LogP) is 6.44. The van der Waals surface area contributed by atoms with E-state index in [0.717, 1.165) is 15.5 Å². The van der Waals surface area contributed by atoms with E-state index in [0.29, 0.717) is 11.3 Å². The minimum absolute atomic E-state index is 0.181. The standard InChI is InChI=1S/C23H23NO2S2/c1-15-5-6-16(2)22(13-15)28-18-9-7-17(8-10-18)24-23(25)20-12-11-19(27-4)14-21(20)26-3/h5-14H,1-4H3,(H,24,25). The van der Waals surface area contributed by atoms with Crippen molar-refractivity contribution in [1.29, 1.82) is 0 Å². The molecule has 0 atom stereocenters. The van der Waals surface area contributed by atoms with Gasteiger partial charge in [0, 0.05) is 20.4 Å². The van der Waals surface area contributed by atoms with Crippen molar-refractivity contribution in [2.24, 2.45) is 0 Å². The fraction of sp³-hybridized carbons (Fsp3) is 0.174. The van der Waals surface area contributed by atoms with E-state index < -0.39 is 0 Å². The topological polar surface area (TPSA) is 38.3 Å². The lowest BCUT2D eigenvalue weighted by atomic mass is 10.2. The summed E-state index contributed by atoms with van der Waals surface area (Å²) in [5.74, 6) is 0.394. The van der Waals surface area contributed by atoms with Gasteiger partial charge in [0.15, 0.2) is 0 Å². The summed E-state index contributed by atoms with van der Waals surface area (Å²) in [6, 6.07) is 20.0. The van der Waals surface area contributed by atoms with Gasteiger partial charge in [-0.2, -0.15) is 0 Å². The Kier molecular flexibility index (Phi) is 6.70. The zero-order valence-electron chi connectivity index (χ0n) is 16.4. The van der Waals surface area contributed by atoms with Crippen LogP contribution >= 0.6 is 23.5 Å². The van der Waals surface area contributed by atoms with Crippen LogP contribution in [0, 0.1) is 13.8 Å². The first kappa shape index (κ1) is 20.4. The predicted molar refractivity (Wildman–Crippen MR) is 119 cm³/mol. The highest BCUT2D eigenvalue weighted by atomic mass is 32.2. The van der Waals surface area contributed by atoms with E-state index in [2.05, 4.69) is 37.4 Å². The van der Waals surface area contributed by atoms with E-state index in [-0.39, 0.29) is 5.91 Å². The SMILES string of the molecule is COc1cc(SC)ccc1C(=O)Nc1ccc(Sc2cc(C)ccc2C)cc1. The molecule has 0 fully saturated rings. The number of rotatable bonds is 6. The first-order valence-electron chi connectivity index (χ1n) is 8.88. The monoisotopic (exact) mass is 409 g/mol. The first-order valence-corrected chi connectivity index (χ1v) is 10.9. The molecule has 1 N–H and O–H groups in total. The van der Waals surface area contributed by atoms with E-state index >= 15 is 0 Å². The highest BCUT2D eigenvalue weighted by Crippen LogP contribution is 2.32. The first-order chi connectivity index (χ1) is 13.5. The van der Waals surface area contributed by atoms with Gasteiger partial charge in [-0.15, -0.1) is 11.8 Å². The Hall–Kier alpha value is -2.37. The molecule has 0 aromatic heterocycles. The van der Waals surface area contributed by atoms with Crippen LogP contribution in [0.4, 0.5) is 5.69 Å². The highest BCUT2D eigenvalue weighted by molar-refractivity contribution is 7.99. The molecular formula is C23H23NO2S2. The van der Waals surface area contributed by atoms with Crippen molar-refractivity contribution < 1.29 is 9.53 Å². The van der Waals surface area contributed by atoms with Gasteiger partial charge in [-0.05, 0) is 79.8 Å².